The summed E-state index contributed by atoms with van der Waals surface area (Å²) in [4.78, 5) is 4.24. The highest BCUT2D eigenvalue weighted by Gasteiger charge is 2.33. The largest absolute Gasteiger partial charge is 0.417 e. The predicted octanol–water partition coefficient (Wildman–Crippen LogP) is 5.04. The third-order valence-electron chi connectivity index (χ3n) is 2.97. The number of anilines is 1. The summed E-state index contributed by atoms with van der Waals surface area (Å²) in [5.74, 6) is 0.570. The van der Waals surface area contributed by atoms with Gasteiger partial charge in [-0.15, -0.1) is 0 Å². The van der Waals surface area contributed by atoms with Crippen molar-refractivity contribution in [2.24, 2.45) is 0 Å². The molecule has 0 aliphatic rings. The van der Waals surface area contributed by atoms with Crippen molar-refractivity contribution in [1.82, 2.24) is 4.98 Å². The molecular weight excluding hydrogens is 289 g/mol. The van der Waals surface area contributed by atoms with Crippen LogP contribution in [0.15, 0.2) is 18.2 Å². The first-order valence-corrected chi connectivity index (χ1v) is 6.63. The number of alkyl halides is 3. The van der Waals surface area contributed by atoms with Crippen molar-refractivity contribution in [2.45, 2.75) is 26.4 Å². The van der Waals surface area contributed by atoms with Crippen molar-refractivity contribution in [3.05, 3.63) is 34.3 Å². The van der Waals surface area contributed by atoms with Gasteiger partial charge >= 0.3 is 6.18 Å². The normalized spacial score (nSPS) is 11.9. The summed E-state index contributed by atoms with van der Waals surface area (Å²) >= 11 is 5.98. The molecule has 1 aromatic carbocycles. The van der Waals surface area contributed by atoms with Gasteiger partial charge in [0.15, 0.2) is 0 Å². The van der Waals surface area contributed by atoms with Gasteiger partial charge in [0, 0.05) is 11.9 Å². The number of hydrogen-bond donors (Lipinski definition) is 1. The topological polar surface area (TPSA) is 24.9 Å². The zero-order valence-corrected chi connectivity index (χ0v) is 11.9. The Morgan fingerprint density at radius 2 is 2.00 bits per heavy atom. The second-order valence-electron chi connectivity index (χ2n) is 4.57. The number of aryl methyl sites for hydroxylation is 1. The molecule has 20 heavy (non-hydrogen) atoms. The molecule has 0 spiro atoms. The van der Waals surface area contributed by atoms with Gasteiger partial charge in [-0.2, -0.15) is 13.2 Å². The van der Waals surface area contributed by atoms with Gasteiger partial charge in [0.05, 0.1) is 16.1 Å². The first-order chi connectivity index (χ1) is 9.34. The fourth-order valence-corrected chi connectivity index (χ4v) is 2.20. The zero-order valence-electron chi connectivity index (χ0n) is 11.1. The average molecular weight is 303 g/mol. The number of nitrogens with zero attached hydrogens (tertiary/aromatic N) is 1. The molecule has 2 aromatic rings. The van der Waals surface area contributed by atoms with Crippen LogP contribution >= 0.6 is 11.6 Å². The maximum Gasteiger partial charge on any atom is 0.417 e. The molecule has 2 nitrogen and oxygen atoms in total. The van der Waals surface area contributed by atoms with Crippen LogP contribution in [0.1, 0.15) is 24.5 Å². The van der Waals surface area contributed by atoms with Gasteiger partial charge in [-0.25, -0.2) is 4.98 Å². The first kappa shape index (κ1) is 14.9. The van der Waals surface area contributed by atoms with Gasteiger partial charge in [-0.3, -0.25) is 0 Å². The second-order valence-corrected chi connectivity index (χ2v) is 4.98. The number of aromatic nitrogens is 1. The summed E-state index contributed by atoms with van der Waals surface area (Å²) in [5, 5.41) is 3.34. The maximum absolute atomic E-state index is 13.0. The van der Waals surface area contributed by atoms with Crippen LogP contribution in [0, 0.1) is 6.92 Å². The standard InChI is InChI=1S/C14H14ClF3N2/c1-3-6-19-13-8(2)7-9-10(14(16,17)18)4-5-11(15)12(9)20-13/h4-5,7H,3,6H2,1-2H3,(H,19,20). The van der Waals surface area contributed by atoms with E-state index in [0.717, 1.165) is 12.5 Å². The summed E-state index contributed by atoms with van der Waals surface area (Å²) in [6.45, 7) is 4.43. The maximum atomic E-state index is 13.0. The highest BCUT2D eigenvalue weighted by Crippen LogP contribution is 2.37. The van der Waals surface area contributed by atoms with Gasteiger partial charge < -0.3 is 5.32 Å². The summed E-state index contributed by atoms with van der Waals surface area (Å²) in [6.07, 6.45) is -3.52. The third-order valence-corrected chi connectivity index (χ3v) is 3.28. The average Bonchev–Trinajstić information content (AvgIpc) is 2.35. The summed E-state index contributed by atoms with van der Waals surface area (Å²) in [7, 11) is 0. The summed E-state index contributed by atoms with van der Waals surface area (Å²) < 4.78 is 39.0. The number of pyridine rings is 1. The first-order valence-electron chi connectivity index (χ1n) is 6.25. The Labute approximate surface area is 120 Å². The van der Waals surface area contributed by atoms with E-state index in [1.807, 2.05) is 6.92 Å². The van der Waals surface area contributed by atoms with Crippen LogP contribution in [-0.4, -0.2) is 11.5 Å². The molecule has 0 fully saturated rings. The minimum Gasteiger partial charge on any atom is -0.370 e. The van der Waals surface area contributed by atoms with Crippen LogP contribution in [0.5, 0.6) is 0 Å². The number of nitrogens with one attached hydrogen (secondary N) is 1. The molecule has 0 atom stereocenters. The molecule has 108 valence electrons. The quantitative estimate of drug-likeness (QED) is 0.859. The Morgan fingerprint density at radius 1 is 1.30 bits per heavy atom. The summed E-state index contributed by atoms with van der Waals surface area (Å²) in [6, 6.07) is 3.71. The molecule has 0 saturated carbocycles. The molecule has 1 heterocycles. The summed E-state index contributed by atoms with van der Waals surface area (Å²) in [5.41, 5.74) is 0.124. The lowest BCUT2D eigenvalue weighted by Crippen LogP contribution is -2.08. The lowest BCUT2D eigenvalue weighted by Gasteiger charge is -2.14. The number of halogens is 4. The van der Waals surface area contributed by atoms with Crippen molar-refractivity contribution >= 4 is 28.3 Å². The molecule has 1 N–H and O–H groups in total. The van der Waals surface area contributed by atoms with Gasteiger partial charge in [0.25, 0.3) is 0 Å². The number of benzene rings is 1. The zero-order chi connectivity index (χ0) is 14.9. The Morgan fingerprint density at radius 3 is 2.60 bits per heavy atom. The fourth-order valence-electron chi connectivity index (χ4n) is 2.00. The fraction of sp³-hybridized carbons (Fsp3) is 0.357. The predicted molar refractivity (Wildman–Crippen MR) is 75.3 cm³/mol. The van der Waals surface area contributed by atoms with E-state index in [9.17, 15) is 13.2 Å². The van der Waals surface area contributed by atoms with E-state index >= 15 is 0 Å². The van der Waals surface area contributed by atoms with Crippen molar-refractivity contribution in [1.29, 1.82) is 0 Å². The highest BCUT2D eigenvalue weighted by atomic mass is 35.5. The van der Waals surface area contributed by atoms with Crippen LogP contribution in [0.3, 0.4) is 0 Å². The number of fused-ring (bicyclic) bond motifs is 1. The molecule has 6 heteroatoms. The molecule has 0 saturated heterocycles. The smallest absolute Gasteiger partial charge is 0.370 e. The van der Waals surface area contributed by atoms with Gasteiger partial charge in [-0.1, -0.05) is 18.5 Å². The Hall–Kier alpha value is -1.49. The Balaban J connectivity index is 2.67. The minimum atomic E-state index is -4.42. The third kappa shape index (κ3) is 2.82. The molecule has 0 bridgehead atoms. The van der Waals surface area contributed by atoms with Gasteiger partial charge in [0.1, 0.15) is 5.82 Å². The van der Waals surface area contributed by atoms with Crippen molar-refractivity contribution in [2.75, 3.05) is 11.9 Å². The Kier molecular flexibility index (Phi) is 4.09. The van der Waals surface area contributed by atoms with E-state index in [1.54, 1.807) is 6.92 Å². The van der Waals surface area contributed by atoms with Crippen molar-refractivity contribution < 1.29 is 13.2 Å². The molecule has 0 aliphatic heterocycles. The van der Waals surface area contributed by atoms with Crippen molar-refractivity contribution in [3.8, 4) is 0 Å². The molecule has 0 aliphatic carbocycles. The van der Waals surface area contributed by atoms with E-state index < -0.39 is 11.7 Å². The number of rotatable bonds is 3. The van der Waals surface area contributed by atoms with E-state index in [4.69, 9.17) is 11.6 Å². The monoisotopic (exact) mass is 302 g/mol. The molecule has 0 unspecified atom stereocenters. The SMILES string of the molecule is CCCNc1nc2c(Cl)ccc(C(F)(F)F)c2cc1C. The number of hydrogen-bond acceptors (Lipinski definition) is 2. The van der Waals surface area contributed by atoms with Crippen LogP contribution < -0.4 is 5.32 Å². The molecule has 2 rings (SSSR count). The molecule has 0 amide bonds. The lowest BCUT2D eigenvalue weighted by molar-refractivity contribution is -0.136. The second kappa shape index (κ2) is 5.48. The van der Waals surface area contributed by atoms with Gasteiger partial charge in [-0.05, 0) is 37.1 Å². The Bertz CT molecular complexity index is 638. The van der Waals surface area contributed by atoms with Crippen molar-refractivity contribution in [3.63, 3.8) is 0 Å². The molecular formula is C14H14ClF3N2. The van der Waals surface area contributed by atoms with E-state index in [2.05, 4.69) is 10.3 Å². The van der Waals surface area contributed by atoms with E-state index in [0.29, 0.717) is 17.9 Å². The van der Waals surface area contributed by atoms with Crippen LogP contribution in [0.25, 0.3) is 10.9 Å². The van der Waals surface area contributed by atoms with Crippen LogP contribution in [-0.2, 0) is 6.18 Å². The van der Waals surface area contributed by atoms with E-state index in [1.165, 1.54) is 12.1 Å². The molecule has 0 radical (unpaired) electrons. The van der Waals surface area contributed by atoms with Crippen LogP contribution in [0.4, 0.5) is 19.0 Å². The van der Waals surface area contributed by atoms with Crippen LogP contribution in [0.2, 0.25) is 5.02 Å². The van der Waals surface area contributed by atoms with E-state index in [-0.39, 0.29) is 15.9 Å². The van der Waals surface area contributed by atoms with Gasteiger partial charge in [0.2, 0.25) is 0 Å². The molecule has 1 aromatic heterocycles. The minimum absolute atomic E-state index is 0.0320. The lowest BCUT2D eigenvalue weighted by atomic mass is 10.1. The highest BCUT2D eigenvalue weighted by molar-refractivity contribution is 6.35.